The van der Waals surface area contributed by atoms with Crippen LogP contribution in [0.15, 0.2) is 18.3 Å². The molecule has 21 heavy (non-hydrogen) atoms. The molecule has 1 aromatic rings. The summed E-state index contributed by atoms with van der Waals surface area (Å²) in [5.41, 5.74) is 3.02. The van der Waals surface area contributed by atoms with Gasteiger partial charge in [0.2, 0.25) is 0 Å². The van der Waals surface area contributed by atoms with Crippen molar-refractivity contribution in [2.24, 2.45) is 23.2 Å². The minimum atomic E-state index is 0.597. The van der Waals surface area contributed by atoms with Gasteiger partial charge in [-0.1, -0.05) is 6.07 Å². The highest BCUT2D eigenvalue weighted by Gasteiger charge is 2.52. The molecule has 0 saturated heterocycles. The maximum Gasteiger partial charge on any atom is 0.0541 e. The predicted octanol–water partition coefficient (Wildman–Crippen LogP) is 4.08. The van der Waals surface area contributed by atoms with Crippen LogP contribution in [0.25, 0.3) is 0 Å². The Hall–Kier alpha value is -0.890. The quantitative estimate of drug-likeness (QED) is 0.901. The number of nitrogens with one attached hydrogen (secondary N) is 1. The van der Waals surface area contributed by atoms with Crippen LogP contribution in [-0.2, 0) is 6.54 Å². The number of rotatable bonds is 4. The highest BCUT2D eigenvalue weighted by molar-refractivity contribution is 5.12. The third-order valence-corrected chi connectivity index (χ3v) is 6.57. The molecule has 1 atom stereocenters. The van der Waals surface area contributed by atoms with Gasteiger partial charge in [0.05, 0.1) is 5.69 Å². The Bertz CT molecular complexity index is 470. The minimum Gasteiger partial charge on any atom is -0.308 e. The summed E-state index contributed by atoms with van der Waals surface area (Å²) in [4.78, 5) is 4.53. The lowest BCUT2D eigenvalue weighted by molar-refractivity contribution is -0.0707. The van der Waals surface area contributed by atoms with E-state index in [4.69, 9.17) is 0 Å². The Kier molecular flexibility index (Phi) is 3.33. The summed E-state index contributed by atoms with van der Waals surface area (Å²) in [6.45, 7) is 5.45. The second-order valence-electron chi connectivity index (χ2n) is 8.21. The van der Waals surface area contributed by atoms with Crippen LogP contribution >= 0.6 is 0 Å². The van der Waals surface area contributed by atoms with Gasteiger partial charge < -0.3 is 5.32 Å². The van der Waals surface area contributed by atoms with Crippen molar-refractivity contribution in [3.63, 3.8) is 0 Å². The average Bonchev–Trinajstić information content (AvgIpc) is 2.45. The summed E-state index contributed by atoms with van der Waals surface area (Å²) in [7, 11) is 0. The van der Waals surface area contributed by atoms with Crippen LogP contribution in [-0.4, -0.2) is 11.0 Å². The molecule has 4 aliphatic rings. The first-order chi connectivity index (χ1) is 10.1. The largest absolute Gasteiger partial charge is 0.308 e. The molecule has 0 aromatic carbocycles. The molecular formula is C19H28N2. The zero-order valence-corrected chi connectivity index (χ0v) is 13.4. The van der Waals surface area contributed by atoms with E-state index in [9.17, 15) is 0 Å². The lowest BCUT2D eigenvalue weighted by Gasteiger charge is -2.59. The van der Waals surface area contributed by atoms with Crippen molar-refractivity contribution in [1.29, 1.82) is 0 Å². The number of hydrogen-bond donors (Lipinski definition) is 1. The number of pyridine rings is 1. The van der Waals surface area contributed by atoms with E-state index in [-0.39, 0.29) is 0 Å². The van der Waals surface area contributed by atoms with E-state index < -0.39 is 0 Å². The van der Waals surface area contributed by atoms with Gasteiger partial charge in [0.1, 0.15) is 0 Å². The lowest BCUT2D eigenvalue weighted by atomic mass is 9.48. The van der Waals surface area contributed by atoms with Crippen molar-refractivity contribution in [1.82, 2.24) is 10.3 Å². The van der Waals surface area contributed by atoms with Gasteiger partial charge in [-0.2, -0.15) is 0 Å². The normalized spacial score (nSPS) is 38.7. The fourth-order valence-corrected chi connectivity index (χ4v) is 5.79. The summed E-state index contributed by atoms with van der Waals surface area (Å²) in [5, 5.41) is 3.81. The highest BCUT2D eigenvalue weighted by atomic mass is 14.9. The van der Waals surface area contributed by atoms with Gasteiger partial charge in [-0.15, -0.1) is 0 Å². The van der Waals surface area contributed by atoms with Crippen LogP contribution in [0, 0.1) is 30.1 Å². The maximum atomic E-state index is 4.53. The van der Waals surface area contributed by atoms with Crippen molar-refractivity contribution in [2.45, 2.75) is 65.0 Å². The van der Waals surface area contributed by atoms with Gasteiger partial charge >= 0.3 is 0 Å². The molecule has 0 spiro atoms. The van der Waals surface area contributed by atoms with E-state index in [2.05, 4.69) is 36.3 Å². The number of aromatic nitrogens is 1. The van der Waals surface area contributed by atoms with Crippen LogP contribution in [0.2, 0.25) is 0 Å². The molecule has 4 aliphatic carbocycles. The van der Waals surface area contributed by atoms with Gasteiger partial charge in [0.15, 0.2) is 0 Å². The molecule has 4 fully saturated rings. The number of nitrogens with zero attached hydrogens (tertiary/aromatic N) is 1. The first-order valence-electron chi connectivity index (χ1n) is 8.78. The first-order valence-corrected chi connectivity index (χ1v) is 8.78. The van der Waals surface area contributed by atoms with Gasteiger partial charge in [-0.3, -0.25) is 4.98 Å². The lowest BCUT2D eigenvalue weighted by Crippen LogP contribution is -2.54. The Balaban J connectivity index is 1.42. The molecule has 5 rings (SSSR count). The summed E-state index contributed by atoms with van der Waals surface area (Å²) < 4.78 is 0. The summed E-state index contributed by atoms with van der Waals surface area (Å²) in [6, 6.07) is 4.96. The van der Waals surface area contributed by atoms with Crippen LogP contribution in [0.1, 0.15) is 56.7 Å². The molecule has 1 N–H and O–H groups in total. The molecule has 0 radical (unpaired) electrons. The van der Waals surface area contributed by atoms with Crippen molar-refractivity contribution < 1.29 is 0 Å². The molecule has 4 bridgehead atoms. The second-order valence-corrected chi connectivity index (χ2v) is 8.21. The minimum absolute atomic E-state index is 0.597. The standard InChI is InChI=1S/C19H28N2/c1-13-3-4-18(21-11-13)12-20-14(2)19-8-15-5-16(9-19)7-17(6-15)10-19/h3-4,11,14-17,20H,5-10,12H2,1-2H3. The van der Waals surface area contributed by atoms with E-state index in [1.807, 2.05) is 6.20 Å². The summed E-state index contributed by atoms with van der Waals surface area (Å²) >= 11 is 0. The second kappa shape index (κ2) is 5.08. The van der Waals surface area contributed by atoms with Gasteiger partial charge in [0.25, 0.3) is 0 Å². The third kappa shape index (κ3) is 2.52. The maximum absolute atomic E-state index is 4.53. The Morgan fingerprint density at radius 1 is 1.14 bits per heavy atom. The SMILES string of the molecule is Cc1ccc(CNC(C)C23CC4CC(CC(C4)C2)C3)nc1. The molecule has 2 heteroatoms. The summed E-state index contributed by atoms with van der Waals surface area (Å²) in [6.07, 6.45) is 11.0. The Morgan fingerprint density at radius 2 is 1.76 bits per heavy atom. The first kappa shape index (κ1) is 13.8. The molecule has 2 nitrogen and oxygen atoms in total. The molecular weight excluding hydrogens is 256 g/mol. The monoisotopic (exact) mass is 284 g/mol. The number of hydrogen-bond acceptors (Lipinski definition) is 2. The van der Waals surface area contributed by atoms with E-state index in [1.165, 1.54) is 49.8 Å². The fraction of sp³-hybridized carbons (Fsp3) is 0.737. The topological polar surface area (TPSA) is 24.9 Å². The van der Waals surface area contributed by atoms with Crippen LogP contribution < -0.4 is 5.32 Å². The molecule has 4 saturated carbocycles. The van der Waals surface area contributed by atoms with Crippen LogP contribution in [0.4, 0.5) is 0 Å². The van der Waals surface area contributed by atoms with E-state index in [1.54, 1.807) is 0 Å². The van der Waals surface area contributed by atoms with Crippen LogP contribution in [0.3, 0.4) is 0 Å². The van der Waals surface area contributed by atoms with Gasteiger partial charge in [0, 0.05) is 18.8 Å². The molecule has 0 amide bonds. The summed E-state index contributed by atoms with van der Waals surface area (Å²) in [5.74, 6) is 3.12. The molecule has 1 heterocycles. The van der Waals surface area contributed by atoms with Crippen molar-refractivity contribution in [3.8, 4) is 0 Å². The van der Waals surface area contributed by atoms with E-state index >= 15 is 0 Å². The third-order valence-electron chi connectivity index (χ3n) is 6.57. The Morgan fingerprint density at radius 3 is 2.29 bits per heavy atom. The highest BCUT2D eigenvalue weighted by Crippen LogP contribution is 2.61. The fourth-order valence-electron chi connectivity index (χ4n) is 5.79. The number of aryl methyl sites for hydroxylation is 1. The predicted molar refractivity (Wildman–Crippen MR) is 85.9 cm³/mol. The molecule has 1 unspecified atom stereocenters. The van der Waals surface area contributed by atoms with Gasteiger partial charge in [-0.25, -0.2) is 0 Å². The zero-order valence-electron chi connectivity index (χ0n) is 13.4. The molecule has 0 aliphatic heterocycles. The van der Waals surface area contributed by atoms with Crippen LogP contribution in [0.5, 0.6) is 0 Å². The smallest absolute Gasteiger partial charge is 0.0541 e. The van der Waals surface area contributed by atoms with Crippen molar-refractivity contribution in [2.75, 3.05) is 0 Å². The van der Waals surface area contributed by atoms with Crippen molar-refractivity contribution in [3.05, 3.63) is 29.6 Å². The molecule has 1 aromatic heterocycles. The van der Waals surface area contributed by atoms with Crippen molar-refractivity contribution >= 4 is 0 Å². The zero-order chi connectivity index (χ0) is 14.4. The van der Waals surface area contributed by atoms with Gasteiger partial charge in [-0.05, 0) is 87.2 Å². The van der Waals surface area contributed by atoms with E-state index in [0.717, 1.165) is 24.3 Å². The average molecular weight is 284 g/mol. The van der Waals surface area contributed by atoms with E-state index in [0.29, 0.717) is 11.5 Å². The molecule has 114 valence electrons. The Labute approximate surface area is 128 Å².